The Morgan fingerprint density at radius 2 is 1.67 bits per heavy atom. The molecular formula is C16H33IN4O3. The predicted molar refractivity (Wildman–Crippen MR) is 107 cm³/mol. The molecule has 0 aliphatic carbocycles. The van der Waals surface area contributed by atoms with Crippen LogP contribution in [-0.2, 0) is 9.47 Å². The van der Waals surface area contributed by atoms with Crippen LogP contribution in [0, 0.1) is 0 Å². The molecule has 7 nitrogen and oxygen atoms in total. The molecule has 0 bridgehead atoms. The maximum atomic E-state index is 12.0. The summed E-state index contributed by atoms with van der Waals surface area (Å²) in [5, 5.41) is 0. The van der Waals surface area contributed by atoms with Crippen molar-refractivity contribution in [2.24, 2.45) is 10.7 Å². The lowest BCUT2D eigenvalue weighted by Crippen LogP contribution is -2.53. The summed E-state index contributed by atoms with van der Waals surface area (Å²) < 4.78 is 10.4. The highest BCUT2D eigenvalue weighted by Gasteiger charge is 2.26. The van der Waals surface area contributed by atoms with Crippen LogP contribution in [0.2, 0.25) is 0 Å². The quantitative estimate of drug-likeness (QED) is 0.287. The molecule has 0 spiro atoms. The third kappa shape index (κ3) is 9.51. The van der Waals surface area contributed by atoms with Crippen LogP contribution in [0.4, 0.5) is 4.79 Å². The molecule has 1 heterocycles. The molecule has 24 heavy (non-hydrogen) atoms. The second-order valence-corrected chi connectivity index (χ2v) is 6.75. The monoisotopic (exact) mass is 456 g/mol. The highest BCUT2D eigenvalue weighted by atomic mass is 127. The van der Waals surface area contributed by atoms with Crippen LogP contribution in [0.5, 0.6) is 0 Å². The Kier molecular flexibility index (Phi) is 11.4. The Morgan fingerprint density at radius 1 is 1.08 bits per heavy atom. The first kappa shape index (κ1) is 23.2. The molecule has 0 atom stereocenters. The summed E-state index contributed by atoms with van der Waals surface area (Å²) in [5.74, 6) is 0.570. The van der Waals surface area contributed by atoms with Crippen molar-refractivity contribution in [3.63, 3.8) is 0 Å². The van der Waals surface area contributed by atoms with E-state index >= 15 is 0 Å². The molecule has 0 aromatic rings. The van der Waals surface area contributed by atoms with Crippen LogP contribution in [0.1, 0.15) is 40.0 Å². The molecule has 1 saturated heterocycles. The second-order valence-electron chi connectivity index (χ2n) is 6.75. The van der Waals surface area contributed by atoms with E-state index in [1.165, 1.54) is 0 Å². The number of guanidine groups is 1. The number of halogens is 1. The summed E-state index contributed by atoms with van der Waals surface area (Å²) in [6.45, 7) is 9.76. The van der Waals surface area contributed by atoms with Gasteiger partial charge in [-0.1, -0.05) is 0 Å². The first-order chi connectivity index (χ1) is 10.8. The number of rotatable bonds is 6. The van der Waals surface area contributed by atoms with E-state index in [4.69, 9.17) is 15.2 Å². The summed E-state index contributed by atoms with van der Waals surface area (Å²) in [6, 6.07) is 0. The fraction of sp³-hybridized carbons (Fsp3) is 0.875. The van der Waals surface area contributed by atoms with Crippen molar-refractivity contribution >= 4 is 36.0 Å². The van der Waals surface area contributed by atoms with Gasteiger partial charge in [0.2, 0.25) is 0 Å². The van der Waals surface area contributed by atoms with E-state index < -0.39 is 5.60 Å². The fourth-order valence-corrected chi connectivity index (χ4v) is 2.27. The van der Waals surface area contributed by atoms with E-state index in [9.17, 15) is 4.79 Å². The number of ether oxygens (including phenoxy) is 2. The van der Waals surface area contributed by atoms with Gasteiger partial charge in [0.1, 0.15) is 5.60 Å². The molecule has 1 aliphatic rings. The largest absolute Gasteiger partial charge is 0.444 e. The van der Waals surface area contributed by atoms with Crippen LogP contribution in [0.25, 0.3) is 0 Å². The van der Waals surface area contributed by atoms with Crippen molar-refractivity contribution < 1.29 is 14.3 Å². The highest BCUT2D eigenvalue weighted by Crippen LogP contribution is 2.11. The van der Waals surface area contributed by atoms with Gasteiger partial charge in [0.25, 0.3) is 0 Å². The van der Waals surface area contributed by atoms with Crippen LogP contribution >= 0.6 is 24.0 Å². The number of hydrogen-bond donors (Lipinski definition) is 1. The Hall–Kier alpha value is -0.770. The number of nitrogens with two attached hydrogens (primary N) is 1. The average Bonchev–Trinajstić information content (AvgIpc) is 2.49. The molecule has 1 amide bonds. The first-order valence-corrected chi connectivity index (χ1v) is 8.35. The lowest BCUT2D eigenvalue weighted by Gasteiger charge is -2.36. The number of methoxy groups -OCH3 is 1. The molecule has 142 valence electrons. The summed E-state index contributed by atoms with van der Waals surface area (Å²) in [6.07, 6.45) is 2.91. The van der Waals surface area contributed by atoms with Gasteiger partial charge in [-0.2, -0.15) is 0 Å². The van der Waals surface area contributed by atoms with Crippen molar-refractivity contribution in [2.45, 2.75) is 45.6 Å². The highest BCUT2D eigenvalue weighted by molar-refractivity contribution is 14.0. The van der Waals surface area contributed by atoms with Gasteiger partial charge in [0, 0.05) is 46.4 Å². The van der Waals surface area contributed by atoms with Crippen molar-refractivity contribution in [1.29, 1.82) is 0 Å². The molecule has 0 aromatic heterocycles. The first-order valence-electron chi connectivity index (χ1n) is 8.35. The zero-order valence-corrected chi connectivity index (χ0v) is 17.7. The molecule has 1 rings (SSSR count). The average molecular weight is 456 g/mol. The Morgan fingerprint density at radius 3 is 2.21 bits per heavy atom. The smallest absolute Gasteiger partial charge is 0.410 e. The number of carbonyl (C=O) groups is 1. The maximum absolute atomic E-state index is 12.0. The van der Waals surface area contributed by atoms with Gasteiger partial charge in [0.15, 0.2) is 5.96 Å². The van der Waals surface area contributed by atoms with Gasteiger partial charge < -0.3 is 25.0 Å². The van der Waals surface area contributed by atoms with Crippen LogP contribution in [0.3, 0.4) is 0 Å². The Balaban J connectivity index is 0.00000529. The number of carbonyl (C=O) groups excluding carboxylic acids is 1. The summed E-state index contributed by atoms with van der Waals surface area (Å²) in [5.41, 5.74) is 5.57. The summed E-state index contributed by atoms with van der Waals surface area (Å²) >= 11 is 0. The molecule has 2 N–H and O–H groups in total. The lowest BCUT2D eigenvalue weighted by atomic mass is 10.2. The minimum absolute atomic E-state index is 0. The molecule has 1 fully saturated rings. The van der Waals surface area contributed by atoms with E-state index in [2.05, 4.69) is 4.99 Å². The zero-order chi connectivity index (χ0) is 17.3. The van der Waals surface area contributed by atoms with E-state index in [-0.39, 0.29) is 30.1 Å². The van der Waals surface area contributed by atoms with Crippen molar-refractivity contribution in [1.82, 2.24) is 9.80 Å². The number of nitrogens with zero attached hydrogens (tertiary/aromatic N) is 3. The summed E-state index contributed by atoms with van der Waals surface area (Å²) in [7, 11) is 1.72. The fourth-order valence-electron chi connectivity index (χ4n) is 2.27. The van der Waals surface area contributed by atoms with Crippen LogP contribution in [0.15, 0.2) is 4.99 Å². The number of unbranched alkanes of at least 4 members (excludes halogenated alkanes) is 2. The van der Waals surface area contributed by atoms with Crippen LogP contribution < -0.4 is 5.73 Å². The van der Waals surface area contributed by atoms with Crippen molar-refractivity contribution in [3.8, 4) is 0 Å². The predicted octanol–water partition coefficient (Wildman–Crippen LogP) is 2.29. The van der Waals surface area contributed by atoms with Crippen LogP contribution in [-0.4, -0.2) is 73.9 Å². The topological polar surface area (TPSA) is 80.4 Å². The zero-order valence-electron chi connectivity index (χ0n) is 15.4. The number of aliphatic imine (C=N–C) groups is 1. The van der Waals surface area contributed by atoms with Crippen molar-refractivity contribution in [3.05, 3.63) is 0 Å². The molecule has 0 unspecified atom stereocenters. The van der Waals surface area contributed by atoms with Gasteiger partial charge in [-0.25, -0.2) is 4.79 Å². The van der Waals surface area contributed by atoms with E-state index in [1.807, 2.05) is 25.7 Å². The molecule has 0 saturated carbocycles. The van der Waals surface area contributed by atoms with Gasteiger partial charge >= 0.3 is 6.09 Å². The summed E-state index contributed by atoms with van der Waals surface area (Å²) in [4.78, 5) is 20.2. The van der Waals surface area contributed by atoms with Gasteiger partial charge in [-0.15, -0.1) is 24.0 Å². The van der Waals surface area contributed by atoms with E-state index in [0.717, 1.165) is 32.4 Å². The third-order valence-corrected chi connectivity index (χ3v) is 3.54. The molecule has 8 heteroatoms. The number of hydrogen-bond acceptors (Lipinski definition) is 4. The number of piperazine rings is 1. The minimum Gasteiger partial charge on any atom is -0.444 e. The normalized spacial score (nSPS) is 15.9. The maximum Gasteiger partial charge on any atom is 0.410 e. The second kappa shape index (κ2) is 11.7. The van der Waals surface area contributed by atoms with E-state index in [1.54, 1.807) is 12.0 Å². The van der Waals surface area contributed by atoms with Gasteiger partial charge in [-0.05, 0) is 40.0 Å². The molecular weight excluding hydrogens is 423 g/mol. The third-order valence-electron chi connectivity index (χ3n) is 3.54. The molecule has 1 aliphatic heterocycles. The minimum atomic E-state index is -0.461. The SMILES string of the molecule is COCCCCCN=C(N)N1CCN(C(=O)OC(C)(C)C)CC1.I. The van der Waals surface area contributed by atoms with Gasteiger partial charge in [0.05, 0.1) is 0 Å². The van der Waals surface area contributed by atoms with Gasteiger partial charge in [-0.3, -0.25) is 4.99 Å². The lowest BCUT2D eigenvalue weighted by molar-refractivity contribution is 0.0186. The Bertz CT molecular complexity index is 391. The van der Waals surface area contributed by atoms with Crippen molar-refractivity contribution in [2.75, 3.05) is 46.4 Å². The molecule has 0 aromatic carbocycles. The molecule has 0 radical (unpaired) electrons. The standard InChI is InChI=1S/C16H32N4O3.HI/c1-16(2,3)23-15(21)20-11-9-19(10-12-20)14(17)18-8-6-5-7-13-22-4;/h5-13H2,1-4H3,(H2,17,18);1H. The van der Waals surface area contributed by atoms with E-state index in [0.29, 0.717) is 32.1 Å². The number of amides is 1. The Labute approximate surface area is 162 Å².